The summed E-state index contributed by atoms with van der Waals surface area (Å²) in [5.41, 5.74) is 4.21. The zero-order valence-corrected chi connectivity index (χ0v) is 29.2. The molecule has 52 heavy (non-hydrogen) atoms. The first-order valence-corrected chi connectivity index (χ1v) is 17.1. The van der Waals surface area contributed by atoms with Crippen molar-refractivity contribution >= 4 is 0 Å². The van der Waals surface area contributed by atoms with E-state index in [1.165, 1.54) is 5.56 Å². The van der Waals surface area contributed by atoms with Gasteiger partial charge in [0.1, 0.15) is 52.9 Å². The number of fused-ring (bicyclic) bond motifs is 4. The van der Waals surface area contributed by atoms with Gasteiger partial charge in [0.15, 0.2) is 46.0 Å². The lowest BCUT2D eigenvalue weighted by Gasteiger charge is -2.20. The van der Waals surface area contributed by atoms with Crippen molar-refractivity contribution in [2.24, 2.45) is 0 Å². The van der Waals surface area contributed by atoms with Crippen LogP contribution in [-0.4, -0.2) is 78.4 Å². The average Bonchev–Trinajstić information content (AvgIpc) is 3.18. The number of benzene rings is 4. The van der Waals surface area contributed by atoms with Gasteiger partial charge in [0, 0.05) is 0 Å². The van der Waals surface area contributed by atoms with Gasteiger partial charge >= 0.3 is 0 Å². The van der Waals surface area contributed by atoms with Crippen LogP contribution in [0.1, 0.15) is 40.3 Å². The van der Waals surface area contributed by atoms with Gasteiger partial charge in [-0.05, 0) is 88.3 Å². The summed E-state index contributed by atoms with van der Waals surface area (Å²) in [4.78, 5) is 0. The Balaban J connectivity index is 0.000000203. The number of ether oxygens (including phenoxy) is 8. The molecular formula is C39H46O13. The zero-order chi connectivity index (χ0) is 36.7. The van der Waals surface area contributed by atoms with Gasteiger partial charge in [-0.2, -0.15) is 0 Å². The highest BCUT2D eigenvalue weighted by molar-refractivity contribution is 5.49. The van der Waals surface area contributed by atoms with Gasteiger partial charge in [-0.1, -0.05) is 19.1 Å². The minimum Gasteiger partial charge on any atom is -0.486 e. The molecule has 0 radical (unpaired) electrons. The Labute approximate surface area is 302 Å². The van der Waals surface area contributed by atoms with E-state index in [1.807, 2.05) is 24.3 Å². The van der Waals surface area contributed by atoms with Crippen molar-refractivity contribution in [3.63, 3.8) is 0 Å². The van der Waals surface area contributed by atoms with E-state index in [4.69, 9.17) is 37.9 Å². The van der Waals surface area contributed by atoms with E-state index in [0.717, 1.165) is 17.7 Å². The monoisotopic (exact) mass is 722 g/mol. The van der Waals surface area contributed by atoms with Crippen LogP contribution in [0.15, 0.2) is 60.7 Å². The second kappa shape index (κ2) is 19.6. The van der Waals surface area contributed by atoms with Gasteiger partial charge in [0.25, 0.3) is 0 Å². The summed E-state index contributed by atoms with van der Waals surface area (Å²) in [5.74, 6) is 4.45. The minimum absolute atomic E-state index is 0.0383. The second-order valence-electron chi connectivity index (χ2n) is 11.6. The molecule has 0 saturated carbocycles. The first kappa shape index (κ1) is 38.3. The molecule has 0 fully saturated rings. The van der Waals surface area contributed by atoms with E-state index in [-0.39, 0.29) is 59.5 Å². The van der Waals surface area contributed by atoms with E-state index in [1.54, 1.807) is 36.4 Å². The van der Waals surface area contributed by atoms with Crippen molar-refractivity contribution in [3.8, 4) is 46.0 Å². The molecule has 6 rings (SSSR count). The molecule has 2 aliphatic heterocycles. The fraction of sp³-hybridized carbons (Fsp3) is 0.385. The average molecular weight is 723 g/mol. The van der Waals surface area contributed by atoms with Crippen molar-refractivity contribution in [2.45, 2.75) is 46.4 Å². The highest BCUT2D eigenvalue weighted by Gasteiger charge is 2.16. The molecule has 2 aliphatic rings. The molecule has 5 N–H and O–H groups in total. The molecule has 0 aromatic heterocycles. The van der Waals surface area contributed by atoms with Crippen LogP contribution in [0, 0.1) is 0 Å². The SMILES string of the molecule is CCc1ccc2c(c1)OCCOc1ccc(CO)cc1OCCO2.OCc1cc2c(cc1CO)OCCOc1cc(CO)c(CO)cc1OCCO2. The molecule has 0 unspecified atom stereocenters. The largest absolute Gasteiger partial charge is 0.486 e. The number of hydrogen-bond acceptors (Lipinski definition) is 13. The Morgan fingerprint density at radius 2 is 0.615 bits per heavy atom. The molecule has 13 nitrogen and oxygen atoms in total. The standard InChI is InChI=1S/C20H24O8.C19H22O5/c21-9-13-5-17-18(6-14(13)10-22)27-3-4-28-20-8-16(12-24)15(11-23)7-19(20)26-2-1-25-17;1-2-14-3-5-16-18(11-14)23-9-7-22-17-6-4-15(13-20)12-19(17)24-10-8-21-16/h5-8,21-24H,1-4,9-12H2;3-6,11-12,20H,2,7-10,13H2,1H3. The Bertz CT molecular complexity index is 1550. The van der Waals surface area contributed by atoms with Crippen LogP contribution < -0.4 is 37.9 Å². The summed E-state index contributed by atoms with van der Waals surface area (Å²) in [6.07, 6.45) is 0.941. The maximum Gasteiger partial charge on any atom is 0.161 e. The lowest BCUT2D eigenvalue weighted by Crippen LogP contribution is -2.16. The first-order chi connectivity index (χ1) is 25.5. The highest BCUT2D eigenvalue weighted by Crippen LogP contribution is 2.35. The molecule has 0 spiro atoms. The smallest absolute Gasteiger partial charge is 0.161 e. The fourth-order valence-electron chi connectivity index (χ4n) is 5.43. The third-order valence-corrected chi connectivity index (χ3v) is 8.21. The molecule has 4 aromatic carbocycles. The van der Waals surface area contributed by atoms with Crippen LogP contribution in [0.5, 0.6) is 46.0 Å². The highest BCUT2D eigenvalue weighted by atomic mass is 16.6. The van der Waals surface area contributed by atoms with E-state index in [9.17, 15) is 25.5 Å². The van der Waals surface area contributed by atoms with Crippen LogP contribution in [-0.2, 0) is 39.5 Å². The molecule has 0 saturated heterocycles. The number of aryl methyl sites for hydroxylation is 1. The number of rotatable bonds is 6. The van der Waals surface area contributed by atoms with E-state index < -0.39 is 0 Å². The maximum atomic E-state index is 9.47. The third-order valence-electron chi connectivity index (χ3n) is 8.21. The van der Waals surface area contributed by atoms with E-state index in [0.29, 0.717) is 88.9 Å². The van der Waals surface area contributed by atoms with Gasteiger partial charge in [0.2, 0.25) is 0 Å². The molecule has 280 valence electrons. The molecule has 0 atom stereocenters. The van der Waals surface area contributed by atoms with Crippen molar-refractivity contribution < 1.29 is 63.4 Å². The van der Waals surface area contributed by atoms with E-state index >= 15 is 0 Å². The molecule has 2 heterocycles. The van der Waals surface area contributed by atoms with Crippen molar-refractivity contribution in [1.29, 1.82) is 0 Å². The predicted octanol–water partition coefficient (Wildman–Crippen LogP) is 3.86. The van der Waals surface area contributed by atoms with Gasteiger partial charge in [0.05, 0.1) is 33.0 Å². The lowest BCUT2D eigenvalue weighted by atomic mass is 10.1. The molecular weight excluding hydrogens is 676 g/mol. The predicted molar refractivity (Wildman–Crippen MR) is 189 cm³/mol. The quantitative estimate of drug-likeness (QED) is 0.194. The van der Waals surface area contributed by atoms with Gasteiger partial charge in [-0.15, -0.1) is 0 Å². The Morgan fingerprint density at radius 1 is 0.346 bits per heavy atom. The number of aliphatic hydroxyl groups is 5. The van der Waals surface area contributed by atoms with Crippen molar-refractivity contribution in [3.05, 3.63) is 94.0 Å². The summed E-state index contributed by atoms with van der Waals surface area (Å²) >= 11 is 0. The molecule has 4 aromatic rings. The van der Waals surface area contributed by atoms with Crippen molar-refractivity contribution in [2.75, 3.05) is 52.9 Å². The topological polar surface area (TPSA) is 175 Å². The van der Waals surface area contributed by atoms with Gasteiger partial charge in [-0.25, -0.2) is 0 Å². The molecule has 0 aliphatic carbocycles. The minimum atomic E-state index is -0.226. The third kappa shape index (κ3) is 10.1. The van der Waals surface area contributed by atoms with Crippen molar-refractivity contribution in [1.82, 2.24) is 0 Å². The summed E-state index contributed by atoms with van der Waals surface area (Å²) in [5, 5.41) is 47.1. The fourth-order valence-corrected chi connectivity index (χ4v) is 5.43. The summed E-state index contributed by atoms with van der Waals surface area (Å²) in [7, 11) is 0. The van der Waals surface area contributed by atoms with Crippen LogP contribution in [0.2, 0.25) is 0 Å². The summed E-state index contributed by atoms with van der Waals surface area (Å²) < 4.78 is 46.1. The summed E-state index contributed by atoms with van der Waals surface area (Å²) in [6, 6.07) is 17.9. The molecule has 0 bridgehead atoms. The number of hydrogen-bond donors (Lipinski definition) is 5. The molecule has 13 heteroatoms. The normalized spacial score (nSPS) is 14.3. The van der Waals surface area contributed by atoms with Crippen LogP contribution in [0.4, 0.5) is 0 Å². The molecule has 0 amide bonds. The maximum absolute atomic E-state index is 9.47. The first-order valence-electron chi connectivity index (χ1n) is 17.1. The lowest BCUT2D eigenvalue weighted by molar-refractivity contribution is 0.169. The Morgan fingerprint density at radius 3 is 0.904 bits per heavy atom. The van der Waals surface area contributed by atoms with Crippen LogP contribution in [0.3, 0.4) is 0 Å². The number of aliphatic hydroxyl groups excluding tert-OH is 5. The van der Waals surface area contributed by atoms with Gasteiger partial charge in [-0.3, -0.25) is 0 Å². The van der Waals surface area contributed by atoms with E-state index in [2.05, 4.69) is 6.92 Å². The Hall–Kier alpha value is -4.92. The Kier molecular flexibility index (Phi) is 14.5. The zero-order valence-electron chi connectivity index (χ0n) is 29.2. The second-order valence-corrected chi connectivity index (χ2v) is 11.6. The van der Waals surface area contributed by atoms with Gasteiger partial charge < -0.3 is 63.4 Å². The summed E-state index contributed by atoms with van der Waals surface area (Å²) in [6.45, 7) is 3.55. The van der Waals surface area contributed by atoms with Crippen LogP contribution >= 0.6 is 0 Å². The van der Waals surface area contributed by atoms with Crippen LogP contribution in [0.25, 0.3) is 0 Å².